The number of hydrogen-bond acceptors (Lipinski definition) is 6. The molecule has 2 rings (SSSR count). The summed E-state index contributed by atoms with van der Waals surface area (Å²) < 4.78 is 0. The molecule has 0 aliphatic heterocycles. The second-order valence-corrected chi connectivity index (χ2v) is 3.25. The van der Waals surface area contributed by atoms with E-state index in [0.717, 1.165) is 6.20 Å². The van der Waals surface area contributed by atoms with E-state index in [0.29, 0.717) is 17.1 Å². The van der Waals surface area contributed by atoms with Gasteiger partial charge in [0.15, 0.2) is 11.5 Å². The highest BCUT2D eigenvalue weighted by Gasteiger charge is 2.07. The third-order valence-corrected chi connectivity index (χ3v) is 1.86. The van der Waals surface area contributed by atoms with Gasteiger partial charge in [-0.1, -0.05) is 0 Å². The Kier molecular flexibility index (Phi) is 2.00. The average Bonchev–Trinajstić information content (AvgIpc) is 2.18. The standard InChI is InChI=1S/C8H10N6O/c1-14(2)8-12-6(9)5-7(13-8)10-3-4(15)11-5/h3H,1-2H3,(H,11,15)(H2,9,10,12,13). The summed E-state index contributed by atoms with van der Waals surface area (Å²) in [7, 11) is 3.60. The minimum absolute atomic E-state index is 0.217. The number of nitrogen functional groups attached to an aromatic ring is 1. The summed E-state index contributed by atoms with van der Waals surface area (Å²) in [5.41, 5.74) is 6.10. The molecular weight excluding hydrogens is 196 g/mol. The fourth-order valence-electron chi connectivity index (χ4n) is 1.14. The normalized spacial score (nSPS) is 10.5. The minimum Gasteiger partial charge on any atom is -0.382 e. The van der Waals surface area contributed by atoms with Crippen molar-refractivity contribution in [2.45, 2.75) is 0 Å². The smallest absolute Gasteiger partial charge is 0.267 e. The lowest BCUT2D eigenvalue weighted by Crippen LogP contribution is -2.16. The lowest BCUT2D eigenvalue weighted by molar-refractivity contribution is 1.00. The van der Waals surface area contributed by atoms with Crippen LogP contribution in [-0.2, 0) is 0 Å². The molecule has 0 unspecified atom stereocenters. The van der Waals surface area contributed by atoms with Gasteiger partial charge in [0, 0.05) is 14.1 Å². The summed E-state index contributed by atoms with van der Waals surface area (Å²) in [5, 5.41) is 0. The van der Waals surface area contributed by atoms with Gasteiger partial charge in [0.25, 0.3) is 5.56 Å². The Bertz CT molecular complexity index is 561. The van der Waals surface area contributed by atoms with Crippen molar-refractivity contribution in [2.24, 2.45) is 0 Å². The van der Waals surface area contributed by atoms with Crippen molar-refractivity contribution in [3.8, 4) is 0 Å². The quantitative estimate of drug-likeness (QED) is 0.643. The second kappa shape index (κ2) is 3.19. The molecule has 0 fully saturated rings. The highest BCUT2D eigenvalue weighted by atomic mass is 16.1. The van der Waals surface area contributed by atoms with E-state index in [-0.39, 0.29) is 11.4 Å². The molecule has 0 saturated heterocycles. The van der Waals surface area contributed by atoms with E-state index < -0.39 is 0 Å². The number of nitrogens with one attached hydrogen (secondary N) is 1. The molecule has 0 aromatic carbocycles. The maximum atomic E-state index is 11.0. The zero-order valence-electron chi connectivity index (χ0n) is 8.35. The number of rotatable bonds is 1. The Balaban J connectivity index is 2.78. The second-order valence-electron chi connectivity index (χ2n) is 3.25. The molecule has 2 aromatic heterocycles. The summed E-state index contributed by atoms with van der Waals surface area (Å²) in [4.78, 5) is 27.3. The first-order chi connectivity index (χ1) is 7.08. The molecule has 0 aliphatic carbocycles. The third kappa shape index (κ3) is 1.58. The van der Waals surface area contributed by atoms with E-state index in [9.17, 15) is 4.79 Å². The summed E-state index contributed by atoms with van der Waals surface area (Å²) >= 11 is 0. The first-order valence-corrected chi connectivity index (χ1v) is 4.28. The summed E-state index contributed by atoms with van der Waals surface area (Å²) in [6.07, 6.45) is 1.16. The molecule has 2 aromatic rings. The van der Waals surface area contributed by atoms with Crippen LogP contribution in [0, 0.1) is 0 Å². The Morgan fingerprint density at radius 2 is 2.13 bits per heavy atom. The van der Waals surface area contributed by atoms with E-state index >= 15 is 0 Å². The number of hydrogen-bond donors (Lipinski definition) is 2. The number of H-pyrrole nitrogens is 1. The molecule has 0 bridgehead atoms. The first-order valence-electron chi connectivity index (χ1n) is 4.28. The first kappa shape index (κ1) is 9.38. The lowest BCUT2D eigenvalue weighted by atomic mass is 10.4. The maximum absolute atomic E-state index is 11.0. The van der Waals surface area contributed by atoms with Crippen LogP contribution >= 0.6 is 0 Å². The Hall–Kier alpha value is -2.18. The van der Waals surface area contributed by atoms with Crippen LogP contribution in [0.5, 0.6) is 0 Å². The largest absolute Gasteiger partial charge is 0.382 e. The number of fused-ring (bicyclic) bond motifs is 1. The topological polar surface area (TPSA) is 101 Å². The van der Waals surface area contributed by atoms with Crippen LogP contribution in [0.2, 0.25) is 0 Å². The summed E-state index contributed by atoms with van der Waals surface area (Å²) in [5.74, 6) is 0.674. The number of aromatic amines is 1. The predicted molar refractivity (Wildman–Crippen MR) is 56.7 cm³/mol. The molecule has 7 nitrogen and oxygen atoms in total. The van der Waals surface area contributed by atoms with E-state index in [2.05, 4.69) is 19.9 Å². The van der Waals surface area contributed by atoms with E-state index in [1.165, 1.54) is 0 Å². The lowest BCUT2D eigenvalue weighted by Gasteiger charge is -2.10. The van der Waals surface area contributed by atoms with Gasteiger partial charge in [-0.15, -0.1) is 0 Å². The number of nitrogens with zero attached hydrogens (tertiary/aromatic N) is 4. The van der Waals surface area contributed by atoms with E-state index in [1.807, 2.05) is 0 Å². The number of nitrogens with two attached hydrogens (primary N) is 1. The van der Waals surface area contributed by atoms with Gasteiger partial charge in [-0.2, -0.15) is 9.97 Å². The van der Waals surface area contributed by atoms with Gasteiger partial charge in [-0.05, 0) is 0 Å². The SMILES string of the molecule is CN(C)c1nc(N)c2[nH]c(=O)cnc2n1. The van der Waals surface area contributed by atoms with Crippen LogP contribution in [0.15, 0.2) is 11.0 Å². The Labute approximate surface area is 85.0 Å². The van der Waals surface area contributed by atoms with Gasteiger partial charge in [-0.3, -0.25) is 4.79 Å². The zero-order valence-corrected chi connectivity index (χ0v) is 8.35. The van der Waals surface area contributed by atoms with Crippen molar-refractivity contribution in [1.29, 1.82) is 0 Å². The molecule has 0 atom stereocenters. The third-order valence-electron chi connectivity index (χ3n) is 1.86. The maximum Gasteiger partial charge on any atom is 0.267 e. The average molecular weight is 206 g/mol. The summed E-state index contributed by atoms with van der Waals surface area (Å²) in [6.45, 7) is 0. The fourth-order valence-corrected chi connectivity index (χ4v) is 1.14. The Morgan fingerprint density at radius 1 is 1.40 bits per heavy atom. The van der Waals surface area contributed by atoms with E-state index in [4.69, 9.17) is 5.73 Å². The fraction of sp³-hybridized carbons (Fsp3) is 0.250. The van der Waals surface area contributed by atoms with Gasteiger partial charge in [-0.25, -0.2) is 4.98 Å². The molecule has 3 N–H and O–H groups in total. The van der Waals surface area contributed by atoms with Crippen LogP contribution in [0.3, 0.4) is 0 Å². The van der Waals surface area contributed by atoms with Crippen LogP contribution in [0.1, 0.15) is 0 Å². The van der Waals surface area contributed by atoms with Gasteiger partial charge in [0.1, 0.15) is 5.52 Å². The van der Waals surface area contributed by atoms with Crippen LogP contribution in [-0.4, -0.2) is 34.0 Å². The molecule has 15 heavy (non-hydrogen) atoms. The molecule has 78 valence electrons. The molecule has 0 amide bonds. The highest BCUT2D eigenvalue weighted by molar-refractivity contribution is 5.81. The van der Waals surface area contributed by atoms with Gasteiger partial charge < -0.3 is 15.6 Å². The minimum atomic E-state index is -0.324. The predicted octanol–water partition coefficient (Wildman–Crippen LogP) is -0.639. The van der Waals surface area contributed by atoms with Crippen molar-refractivity contribution >= 4 is 22.9 Å². The Morgan fingerprint density at radius 3 is 2.80 bits per heavy atom. The highest BCUT2D eigenvalue weighted by Crippen LogP contribution is 2.14. The van der Waals surface area contributed by atoms with Crippen molar-refractivity contribution in [1.82, 2.24) is 19.9 Å². The van der Waals surface area contributed by atoms with Crippen molar-refractivity contribution in [3.63, 3.8) is 0 Å². The molecule has 0 aliphatic rings. The molecule has 0 spiro atoms. The molecule has 2 heterocycles. The van der Waals surface area contributed by atoms with Crippen molar-refractivity contribution < 1.29 is 0 Å². The van der Waals surface area contributed by atoms with Gasteiger partial charge in [0.05, 0.1) is 6.20 Å². The van der Waals surface area contributed by atoms with Crippen LogP contribution in [0.4, 0.5) is 11.8 Å². The molecule has 0 saturated carbocycles. The number of aromatic nitrogens is 4. The monoisotopic (exact) mass is 206 g/mol. The van der Waals surface area contributed by atoms with Crippen LogP contribution < -0.4 is 16.2 Å². The summed E-state index contributed by atoms with van der Waals surface area (Å²) in [6, 6.07) is 0. The van der Waals surface area contributed by atoms with Crippen LogP contribution in [0.25, 0.3) is 11.2 Å². The molecular formula is C8H10N6O. The molecule has 0 radical (unpaired) electrons. The zero-order chi connectivity index (χ0) is 11.0. The number of anilines is 2. The van der Waals surface area contributed by atoms with Gasteiger partial charge >= 0.3 is 0 Å². The van der Waals surface area contributed by atoms with E-state index in [1.54, 1.807) is 19.0 Å². The molecule has 7 heteroatoms. The van der Waals surface area contributed by atoms with Crippen molar-refractivity contribution in [2.75, 3.05) is 24.7 Å². The van der Waals surface area contributed by atoms with Gasteiger partial charge in [0.2, 0.25) is 5.95 Å². The van der Waals surface area contributed by atoms with Crippen molar-refractivity contribution in [3.05, 3.63) is 16.6 Å².